The molecule has 2 aliphatic carbocycles. The van der Waals surface area contributed by atoms with E-state index >= 15 is 0 Å². The summed E-state index contributed by atoms with van der Waals surface area (Å²) in [6, 6.07) is 4.38. The molecule has 26 heavy (non-hydrogen) atoms. The zero-order valence-electron chi connectivity index (χ0n) is 15.8. The number of aliphatic hydroxyl groups is 1. The lowest BCUT2D eigenvalue weighted by molar-refractivity contribution is 0.120. The van der Waals surface area contributed by atoms with Crippen LogP contribution in [0.5, 0.6) is 5.88 Å². The van der Waals surface area contributed by atoms with Gasteiger partial charge in [-0.25, -0.2) is 9.98 Å². The third-order valence-electron chi connectivity index (χ3n) is 5.19. The summed E-state index contributed by atoms with van der Waals surface area (Å²) in [6.45, 7) is 3.49. The summed E-state index contributed by atoms with van der Waals surface area (Å²) in [5.41, 5.74) is 1.10. The van der Waals surface area contributed by atoms with Crippen molar-refractivity contribution < 1.29 is 9.84 Å². The van der Waals surface area contributed by atoms with E-state index in [1.165, 1.54) is 12.8 Å². The first-order valence-corrected chi connectivity index (χ1v) is 10.1. The molecule has 2 aliphatic rings. The summed E-state index contributed by atoms with van der Waals surface area (Å²) < 4.78 is 5.99. The fourth-order valence-electron chi connectivity index (χ4n) is 3.69. The van der Waals surface area contributed by atoms with E-state index in [2.05, 4.69) is 22.5 Å². The number of aromatic nitrogens is 1. The van der Waals surface area contributed by atoms with E-state index in [9.17, 15) is 5.11 Å². The number of aliphatic hydroxyl groups excluding tert-OH is 1. The summed E-state index contributed by atoms with van der Waals surface area (Å²) in [5.74, 6) is 1.55. The predicted molar refractivity (Wildman–Crippen MR) is 103 cm³/mol. The highest BCUT2D eigenvalue weighted by Gasteiger charge is 2.20. The van der Waals surface area contributed by atoms with Crippen molar-refractivity contribution in [2.75, 3.05) is 6.54 Å². The third-order valence-corrected chi connectivity index (χ3v) is 5.19. The van der Waals surface area contributed by atoms with Crippen molar-refractivity contribution in [1.82, 2.24) is 15.6 Å². The standard InChI is InChI=1S/C20H32N4O2/c1-2-21-20(24-16-7-9-17(25)10-8-16)23-14-15-11-12-22-19(13-15)26-18-5-3-4-6-18/h11-13,16-18,25H,2-10,14H2,1H3,(H2,21,23,24). The maximum absolute atomic E-state index is 9.65. The number of rotatable bonds is 6. The lowest BCUT2D eigenvalue weighted by Gasteiger charge is -2.27. The molecule has 0 radical (unpaired) electrons. The quantitative estimate of drug-likeness (QED) is 0.537. The van der Waals surface area contributed by atoms with Gasteiger partial charge in [0, 0.05) is 24.8 Å². The van der Waals surface area contributed by atoms with Crippen LogP contribution in [0.1, 0.15) is 63.9 Å². The van der Waals surface area contributed by atoms with Gasteiger partial charge in [0.05, 0.1) is 12.6 Å². The highest BCUT2D eigenvalue weighted by atomic mass is 16.5. The number of hydrogen-bond donors (Lipinski definition) is 3. The Morgan fingerprint density at radius 2 is 2.00 bits per heavy atom. The maximum Gasteiger partial charge on any atom is 0.213 e. The molecule has 3 N–H and O–H groups in total. The summed E-state index contributed by atoms with van der Waals surface area (Å²) >= 11 is 0. The van der Waals surface area contributed by atoms with Gasteiger partial charge in [-0.2, -0.15) is 0 Å². The van der Waals surface area contributed by atoms with Crippen LogP contribution in [0.25, 0.3) is 0 Å². The van der Waals surface area contributed by atoms with Crippen molar-refractivity contribution in [3.05, 3.63) is 23.9 Å². The van der Waals surface area contributed by atoms with Crippen LogP contribution in [0.4, 0.5) is 0 Å². The van der Waals surface area contributed by atoms with Gasteiger partial charge in [0.15, 0.2) is 5.96 Å². The molecule has 0 aromatic carbocycles. The van der Waals surface area contributed by atoms with Crippen LogP contribution in [0.2, 0.25) is 0 Å². The van der Waals surface area contributed by atoms with Gasteiger partial charge in [0.25, 0.3) is 0 Å². The lowest BCUT2D eigenvalue weighted by Crippen LogP contribution is -2.45. The van der Waals surface area contributed by atoms with Crippen LogP contribution in [0, 0.1) is 0 Å². The van der Waals surface area contributed by atoms with Crippen molar-refractivity contribution in [3.8, 4) is 5.88 Å². The molecule has 6 nitrogen and oxygen atoms in total. The van der Waals surface area contributed by atoms with Gasteiger partial charge < -0.3 is 20.5 Å². The summed E-state index contributed by atoms with van der Waals surface area (Å²) in [4.78, 5) is 9.06. The SMILES string of the molecule is CCNC(=NCc1ccnc(OC2CCCC2)c1)NC1CCC(O)CC1. The van der Waals surface area contributed by atoms with E-state index in [0.717, 1.165) is 56.6 Å². The van der Waals surface area contributed by atoms with Crippen molar-refractivity contribution in [3.63, 3.8) is 0 Å². The third kappa shape index (κ3) is 5.87. The minimum atomic E-state index is -0.136. The molecule has 0 spiro atoms. The van der Waals surface area contributed by atoms with Gasteiger partial charge in [0.2, 0.25) is 5.88 Å². The lowest BCUT2D eigenvalue weighted by atomic mass is 9.93. The number of pyridine rings is 1. The summed E-state index contributed by atoms with van der Waals surface area (Å²) in [6.07, 6.45) is 10.5. The molecule has 1 aromatic rings. The van der Waals surface area contributed by atoms with Crippen molar-refractivity contribution in [2.24, 2.45) is 4.99 Å². The molecule has 0 aliphatic heterocycles. The van der Waals surface area contributed by atoms with Crippen LogP contribution in [-0.4, -0.2) is 40.8 Å². The smallest absolute Gasteiger partial charge is 0.213 e. The Hall–Kier alpha value is -1.82. The van der Waals surface area contributed by atoms with Gasteiger partial charge in [-0.05, 0) is 69.9 Å². The largest absolute Gasteiger partial charge is 0.474 e. The molecule has 1 heterocycles. The van der Waals surface area contributed by atoms with Gasteiger partial charge in [0.1, 0.15) is 6.10 Å². The molecule has 0 atom stereocenters. The minimum absolute atomic E-state index is 0.136. The highest BCUT2D eigenvalue weighted by Crippen LogP contribution is 2.23. The maximum atomic E-state index is 9.65. The molecule has 1 aromatic heterocycles. The molecule has 0 amide bonds. The Kier molecular flexibility index (Phi) is 7.12. The average Bonchev–Trinajstić information content (AvgIpc) is 3.15. The fourth-order valence-corrected chi connectivity index (χ4v) is 3.69. The second-order valence-electron chi connectivity index (χ2n) is 7.37. The molecule has 0 saturated heterocycles. The zero-order valence-corrected chi connectivity index (χ0v) is 15.8. The van der Waals surface area contributed by atoms with Crippen molar-refractivity contribution in [1.29, 1.82) is 0 Å². The first kappa shape index (κ1) is 19.0. The number of ether oxygens (including phenoxy) is 1. The van der Waals surface area contributed by atoms with Gasteiger partial charge in [-0.3, -0.25) is 0 Å². The first-order valence-electron chi connectivity index (χ1n) is 10.1. The first-order chi connectivity index (χ1) is 12.7. The zero-order chi connectivity index (χ0) is 18.2. The topological polar surface area (TPSA) is 78.8 Å². The van der Waals surface area contributed by atoms with E-state index in [1.807, 2.05) is 12.1 Å². The van der Waals surface area contributed by atoms with Gasteiger partial charge in [-0.1, -0.05) is 0 Å². The van der Waals surface area contributed by atoms with E-state index in [-0.39, 0.29) is 6.10 Å². The average molecular weight is 361 g/mol. The Labute approximate surface area is 156 Å². The summed E-state index contributed by atoms with van der Waals surface area (Å²) in [5, 5.41) is 16.5. The van der Waals surface area contributed by atoms with Crippen LogP contribution in [-0.2, 0) is 6.54 Å². The number of hydrogen-bond acceptors (Lipinski definition) is 4. The van der Waals surface area contributed by atoms with Crippen LogP contribution in [0.3, 0.4) is 0 Å². The van der Waals surface area contributed by atoms with E-state index in [4.69, 9.17) is 9.73 Å². The van der Waals surface area contributed by atoms with Crippen LogP contribution < -0.4 is 15.4 Å². The number of nitrogens with one attached hydrogen (secondary N) is 2. The predicted octanol–water partition coefficient (Wildman–Crippen LogP) is 2.76. The van der Waals surface area contributed by atoms with Crippen molar-refractivity contribution >= 4 is 5.96 Å². The van der Waals surface area contributed by atoms with E-state index in [1.54, 1.807) is 6.20 Å². The van der Waals surface area contributed by atoms with E-state index in [0.29, 0.717) is 24.6 Å². The Balaban J connectivity index is 1.56. The molecular formula is C20H32N4O2. The molecule has 6 heteroatoms. The summed E-state index contributed by atoms with van der Waals surface area (Å²) in [7, 11) is 0. The van der Waals surface area contributed by atoms with Gasteiger partial charge >= 0.3 is 0 Å². The molecule has 144 valence electrons. The Morgan fingerprint density at radius 3 is 2.73 bits per heavy atom. The molecule has 0 unspecified atom stereocenters. The van der Waals surface area contributed by atoms with Crippen LogP contribution >= 0.6 is 0 Å². The normalized spacial score (nSPS) is 24.5. The van der Waals surface area contributed by atoms with E-state index < -0.39 is 0 Å². The van der Waals surface area contributed by atoms with Crippen molar-refractivity contribution in [2.45, 2.75) is 83.1 Å². The highest BCUT2D eigenvalue weighted by molar-refractivity contribution is 5.80. The monoisotopic (exact) mass is 360 g/mol. The molecular weight excluding hydrogens is 328 g/mol. The number of aliphatic imine (C=N–C) groups is 1. The number of guanidine groups is 1. The molecule has 3 rings (SSSR count). The minimum Gasteiger partial charge on any atom is -0.474 e. The Morgan fingerprint density at radius 1 is 1.23 bits per heavy atom. The van der Waals surface area contributed by atoms with Crippen LogP contribution in [0.15, 0.2) is 23.3 Å². The second-order valence-corrected chi connectivity index (χ2v) is 7.37. The fraction of sp³-hybridized carbons (Fsp3) is 0.700. The Bertz CT molecular complexity index is 579. The van der Waals surface area contributed by atoms with Gasteiger partial charge in [-0.15, -0.1) is 0 Å². The number of nitrogens with zero attached hydrogens (tertiary/aromatic N) is 2. The molecule has 2 saturated carbocycles. The second kappa shape index (κ2) is 9.76. The molecule has 0 bridgehead atoms. The molecule has 2 fully saturated rings.